The summed E-state index contributed by atoms with van der Waals surface area (Å²) in [4.78, 5) is 1.81. The van der Waals surface area contributed by atoms with Crippen LogP contribution in [0, 0.1) is 0 Å². The third-order valence-corrected chi connectivity index (χ3v) is 0.976. The molecule has 2 radical (unpaired) electrons. The molecule has 0 N–H and O–H groups in total. The lowest BCUT2D eigenvalue weighted by atomic mass is 10.6. The fourth-order valence-corrected chi connectivity index (χ4v) is 0.387. The van der Waals surface area contributed by atoms with E-state index in [9.17, 15) is 0 Å². The summed E-state index contributed by atoms with van der Waals surface area (Å²) in [6.45, 7) is 5.76. The highest BCUT2D eigenvalue weighted by Crippen LogP contribution is 1.75. The zero-order chi connectivity index (χ0) is 5.70. The Bertz CT molecular complexity index is 52.4. The van der Waals surface area contributed by atoms with Crippen molar-refractivity contribution in [3.8, 4) is 0 Å². The third-order valence-electron chi connectivity index (χ3n) is 0.976. The molecule has 8 heavy (non-hydrogen) atoms. The van der Waals surface area contributed by atoms with E-state index < -0.39 is 0 Å². The summed E-state index contributed by atoms with van der Waals surface area (Å²) in [5, 5.41) is 8.33. The molecule has 0 atom stereocenters. The molecular weight excluding hydrogens is 124 g/mol. The van der Waals surface area contributed by atoms with Crippen molar-refractivity contribution in [3.05, 3.63) is 0 Å². The number of nitrogens with zero attached hydrogens (tertiary/aromatic N) is 2. The summed E-state index contributed by atoms with van der Waals surface area (Å²) >= 11 is 0. The van der Waals surface area contributed by atoms with Crippen LogP contribution in [0.1, 0.15) is 13.8 Å². The Balaban J connectivity index is 0. The Morgan fingerprint density at radius 2 is 1.75 bits per heavy atom. The molecule has 0 saturated carbocycles. The standard InChI is InChI=1S/C5H11N2.ClH/c1-3-7(4-2)5-6;/h5H,3-4H2,1-2H3;1H/q+1;/p-1. The molecule has 0 saturated heterocycles. The fraction of sp³-hybridized carbons (Fsp3) is 0.800. The minimum absolute atomic E-state index is 0. The van der Waals surface area contributed by atoms with Gasteiger partial charge in [0.25, 0.3) is 0 Å². The van der Waals surface area contributed by atoms with Crippen LogP contribution in [-0.2, 0) is 0 Å². The second kappa shape index (κ2) is 6.76. The van der Waals surface area contributed by atoms with Crippen molar-refractivity contribution in [2.45, 2.75) is 13.8 Å². The number of halogens is 1. The first-order chi connectivity index (χ1) is 3.35. The topological polar surface area (TPSA) is 25.5 Å². The van der Waals surface area contributed by atoms with Crippen LogP contribution in [-0.4, -0.2) is 24.3 Å². The molecular formula is C5H11ClN2. The average molecular weight is 135 g/mol. The van der Waals surface area contributed by atoms with Crippen molar-refractivity contribution in [2.75, 3.05) is 13.1 Å². The van der Waals surface area contributed by atoms with Crippen molar-refractivity contribution in [2.24, 2.45) is 0 Å². The molecule has 0 heterocycles. The van der Waals surface area contributed by atoms with Crippen LogP contribution in [0.25, 0.3) is 0 Å². The first kappa shape index (κ1) is 10.7. The largest absolute Gasteiger partial charge is 1.00 e. The van der Waals surface area contributed by atoms with Gasteiger partial charge in [0.2, 0.25) is 0 Å². The number of hydrogen-bond donors (Lipinski definition) is 0. The Labute approximate surface area is 56.8 Å². The smallest absolute Gasteiger partial charge is 0.336 e. The molecule has 0 aliphatic rings. The minimum Gasteiger partial charge on any atom is -1.00 e. The van der Waals surface area contributed by atoms with Gasteiger partial charge in [0, 0.05) is 0 Å². The lowest BCUT2D eigenvalue weighted by molar-refractivity contribution is -0.00000182. The van der Waals surface area contributed by atoms with Gasteiger partial charge in [-0.2, -0.15) is 0 Å². The average Bonchev–Trinajstić information content (AvgIpc) is 1.72. The van der Waals surface area contributed by atoms with E-state index in [0.29, 0.717) is 0 Å². The lowest BCUT2D eigenvalue weighted by Gasteiger charge is -2.00. The van der Waals surface area contributed by atoms with Gasteiger partial charge < -0.3 is 12.4 Å². The Morgan fingerprint density at radius 3 is 1.75 bits per heavy atom. The molecule has 0 bridgehead atoms. The van der Waals surface area contributed by atoms with E-state index in [2.05, 4.69) is 0 Å². The first-order valence-corrected chi connectivity index (χ1v) is 2.56. The highest BCUT2D eigenvalue weighted by Gasteiger charge is 1.96. The van der Waals surface area contributed by atoms with Crippen molar-refractivity contribution >= 4 is 6.34 Å². The quantitative estimate of drug-likeness (QED) is 0.302. The zero-order valence-electron chi connectivity index (χ0n) is 5.26. The van der Waals surface area contributed by atoms with Crippen LogP contribution in [0.5, 0.6) is 0 Å². The Hall–Kier alpha value is -0.240. The third kappa shape index (κ3) is 3.93. The number of rotatable bonds is 3. The van der Waals surface area contributed by atoms with Gasteiger partial charge in [0.15, 0.2) is 5.41 Å². The van der Waals surface area contributed by atoms with Gasteiger partial charge in [-0.15, -0.1) is 0 Å². The van der Waals surface area contributed by atoms with Crippen LogP contribution in [0.4, 0.5) is 0 Å². The Kier molecular flexibility index (Phi) is 9.03. The minimum atomic E-state index is 0. The highest BCUT2D eigenvalue weighted by molar-refractivity contribution is 5.51. The van der Waals surface area contributed by atoms with Gasteiger partial charge in [0.05, 0.1) is 13.1 Å². The molecule has 0 fully saturated rings. The van der Waals surface area contributed by atoms with Gasteiger partial charge in [-0.05, 0) is 13.8 Å². The molecule has 0 rings (SSSR count). The van der Waals surface area contributed by atoms with Gasteiger partial charge in [-0.25, -0.2) is 0 Å². The molecule has 0 amide bonds. The highest BCUT2D eigenvalue weighted by atomic mass is 35.5. The van der Waals surface area contributed by atoms with Crippen LogP contribution in [0.15, 0.2) is 0 Å². The van der Waals surface area contributed by atoms with Crippen LogP contribution in [0.2, 0.25) is 0 Å². The SMILES string of the molecule is CCN(C=[N+])CC.[Cl-]. The van der Waals surface area contributed by atoms with E-state index in [1.165, 1.54) is 0 Å². The van der Waals surface area contributed by atoms with Crippen molar-refractivity contribution < 1.29 is 12.4 Å². The predicted molar refractivity (Wildman–Crippen MR) is 31.1 cm³/mol. The summed E-state index contributed by atoms with van der Waals surface area (Å²) in [6.07, 6.45) is 1.11. The van der Waals surface area contributed by atoms with Crippen molar-refractivity contribution in [3.63, 3.8) is 0 Å². The maximum Gasteiger partial charge on any atom is 0.336 e. The molecule has 2 nitrogen and oxygen atoms in total. The van der Waals surface area contributed by atoms with E-state index in [-0.39, 0.29) is 12.4 Å². The maximum absolute atomic E-state index is 8.33. The van der Waals surface area contributed by atoms with Crippen molar-refractivity contribution in [1.82, 2.24) is 10.3 Å². The molecule has 0 spiro atoms. The molecule has 48 valence electrons. The van der Waals surface area contributed by atoms with E-state index in [4.69, 9.17) is 5.41 Å². The van der Waals surface area contributed by atoms with Gasteiger partial charge in [-0.3, -0.25) is 4.90 Å². The molecule has 0 aromatic heterocycles. The second-order valence-electron chi connectivity index (χ2n) is 1.34. The number of hydrogen-bond acceptors (Lipinski definition) is 0. The Morgan fingerprint density at radius 1 is 1.38 bits per heavy atom. The lowest BCUT2D eigenvalue weighted by Crippen LogP contribution is -3.00. The van der Waals surface area contributed by atoms with Crippen molar-refractivity contribution in [1.29, 1.82) is 0 Å². The van der Waals surface area contributed by atoms with Crippen LogP contribution >= 0.6 is 0 Å². The summed E-state index contributed by atoms with van der Waals surface area (Å²) in [5.41, 5.74) is 0. The normalized spacial score (nSPS) is 7.25. The summed E-state index contributed by atoms with van der Waals surface area (Å²) in [6, 6.07) is 0. The zero-order valence-corrected chi connectivity index (χ0v) is 6.02. The van der Waals surface area contributed by atoms with E-state index in [1.54, 1.807) is 4.90 Å². The van der Waals surface area contributed by atoms with E-state index in [0.717, 1.165) is 19.4 Å². The fourth-order valence-electron chi connectivity index (χ4n) is 0.387. The van der Waals surface area contributed by atoms with Gasteiger partial charge >= 0.3 is 6.34 Å². The van der Waals surface area contributed by atoms with Crippen LogP contribution in [0.3, 0.4) is 0 Å². The van der Waals surface area contributed by atoms with Gasteiger partial charge in [0.1, 0.15) is 0 Å². The second-order valence-corrected chi connectivity index (χ2v) is 1.34. The maximum atomic E-state index is 8.33. The molecule has 0 aromatic carbocycles. The summed E-state index contributed by atoms with van der Waals surface area (Å²) in [5.74, 6) is 0. The monoisotopic (exact) mass is 134 g/mol. The molecule has 0 aliphatic heterocycles. The summed E-state index contributed by atoms with van der Waals surface area (Å²) < 4.78 is 0. The molecule has 0 aliphatic carbocycles. The molecule has 0 unspecified atom stereocenters. The predicted octanol–water partition coefficient (Wildman–Crippen LogP) is -2.84. The van der Waals surface area contributed by atoms with Crippen LogP contribution < -0.4 is 17.8 Å². The molecule has 3 heteroatoms. The summed E-state index contributed by atoms with van der Waals surface area (Å²) in [7, 11) is 0. The molecule has 0 aromatic rings. The van der Waals surface area contributed by atoms with E-state index >= 15 is 0 Å². The van der Waals surface area contributed by atoms with Gasteiger partial charge in [-0.1, -0.05) is 0 Å². The first-order valence-electron chi connectivity index (χ1n) is 2.56. The van der Waals surface area contributed by atoms with E-state index in [1.807, 2.05) is 13.8 Å².